The van der Waals surface area contributed by atoms with Gasteiger partial charge in [0.15, 0.2) is 10.9 Å². The maximum absolute atomic E-state index is 12.2. The number of hydrogen-bond donors (Lipinski definition) is 0. The molecule has 2 aromatic carbocycles. The molecule has 0 saturated heterocycles. The molecule has 0 aliphatic carbocycles. The number of amides is 1. The van der Waals surface area contributed by atoms with Crippen LogP contribution in [0.2, 0.25) is 10.0 Å². The average Bonchev–Trinajstić information content (AvgIpc) is 3.10. The highest BCUT2D eigenvalue weighted by atomic mass is 35.5. The zero-order valence-electron chi connectivity index (χ0n) is 14.9. The average molecular weight is 421 g/mol. The first-order valence-electron chi connectivity index (χ1n) is 8.40. The summed E-state index contributed by atoms with van der Waals surface area (Å²) < 4.78 is 5.72. The number of nitrogens with zero attached hydrogens (tertiary/aromatic N) is 2. The molecule has 0 aliphatic rings. The van der Waals surface area contributed by atoms with E-state index in [0.29, 0.717) is 26.6 Å². The molecule has 0 aliphatic heterocycles. The highest BCUT2D eigenvalue weighted by Gasteiger charge is 2.18. The molecule has 3 aromatic rings. The largest absolute Gasteiger partial charge is 0.484 e. The first-order valence-corrected chi connectivity index (χ1v) is 10.0. The molecule has 0 radical (unpaired) electrons. The van der Waals surface area contributed by atoms with E-state index in [0.717, 1.165) is 12.1 Å². The first kappa shape index (κ1) is 19.7. The maximum Gasteiger partial charge on any atom is 0.230 e. The van der Waals surface area contributed by atoms with Crippen molar-refractivity contribution in [3.8, 4) is 5.75 Å². The molecule has 0 fully saturated rings. The molecule has 0 bridgehead atoms. The number of carbonyl (C=O) groups excluding carboxylic acids is 1. The molecule has 0 unspecified atom stereocenters. The van der Waals surface area contributed by atoms with Crippen molar-refractivity contribution in [3.05, 3.63) is 69.1 Å². The fraction of sp³-hybridized carbons (Fsp3) is 0.200. The number of thiazole rings is 1. The summed E-state index contributed by atoms with van der Waals surface area (Å²) in [4.78, 5) is 18.3. The van der Waals surface area contributed by atoms with Gasteiger partial charge in [0.05, 0.1) is 21.4 Å². The van der Waals surface area contributed by atoms with Gasteiger partial charge in [0.25, 0.3) is 0 Å². The topological polar surface area (TPSA) is 42.4 Å². The Labute approximate surface area is 172 Å². The van der Waals surface area contributed by atoms with Crippen molar-refractivity contribution in [3.63, 3.8) is 0 Å². The Balaban J connectivity index is 1.78. The quantitative estimate of drug-likeness (QED) is 0.471. The number of benzene rings is 2. The van der Waals surface area contributed by atoms with Crippen LogP contribution in [0.3, 0.4) is 0 Å². The number of aromatic nitrogens is 1. The van der Waals surface area contributed by atoms with Crippen LogP contribution in [0.4, 0.5) is 10.8 Å². The molecule has 3 rings (SSSR count). The van der Waals surface area contributed by atoms with E-state index >= 15 is 0 Å². The van der Waals surface area contributed by atoms with Gasteiger partial charge in [-0.05, 0) is 36.2 Å². The fourth-order valence-electron chi connectivity index (χ4n) is 2.54. The predicted molar refractivity (Wildman–Crippen MR) is 112 cm³/mol. The second-order valence-corrected chi connectivity index (χ2v) is 7.49. The van der Waals surface area contributed by atoms with Crippen LogP contribution in [0.1, 0.15) is 25.1 Å². The summed E-state index contributed by atoms with van der Waals surface area (Å²) in [5, 5.41) is 3.34. The van der Waals surface area contributed by atoms with Crippen molar-refractivity contribution >= 4 is 51.3 Å². The third-order valence-electron chi connectivity index (χ3n) is 3.93. The summed E-state index contributed by atoms with van der Waals surface area (Å²) >= 11 is 13.6. The van der Waals surface area contributed by atoms with Crippen molar-refractivity contribution in [2.24, 2.45) is 0 Å². The van der Waals surface area contributed by atoms with Gasteiger partial charge in [-0.2, -0.15) is 0 Å². The summed E-state index contributed by atoms with van der Waals surface area (Å²) in [5.74, 6) is 0.323. The number of rotatable bonds is 6. The van der Waals surface area contributed by atoms with Crippen molar-refractivity contribution in [2.75, 3.05) is 4.90 Å². The molecule has 4 nitrogen and oxygen atoms in total. The molecule has 0 saturated carbocycles. The fourth-order valence-corrected chi connectivity index (χ4v) is 3.92. The molecule has 1 aromatic heterocycles. The number of ether oxygens (including phenoxy) is 1. The van der Waals surface area contributed by atoms with Gasteiger partial charge < -0.3 is 4.74 Å². The molecule has 140 valence electrons. The van der Waals surface area contributed by atoms with Crippen molar-refractivity contribution < 1.29 is 9.53 Å². The molecular weight excluding hydrogens is 403 g/mol. The van der Waals surface area contributed by atoms with E-state index in [4.69, 9.17) is 27.9 Å². The molecule has 27 heavy (non-hydrogen) atoms. The molecular formula is C20H18Cl2N2O2S. The van der Waals surface area contributed by atoms with Gasteiger partial charge in [-0.1, -0.05) is 48.3 Å². The summed E-state index contributed by atoms with van der Waals surface area (Å²) in [7, 11) is 0. The van der Waals surface area contributed by atoms with Gasteiger partial charge >= 0.3 is 0 Å². The van der Waals surface area contributed by atoms with Crippen LogP contribution < -0.4 is 9.64 Å². The number of para-hydroxylation sites is 1. The van der Waals surface area contributed by atoms with Gasteiger partial charge in [0, 0.05) is 12.3 Å². The molecule has 0 spiro atoms. The summed E-state index contributed by atoms with van der Waals surface area (Å²) in [5.41, 5.74) is 2.70. The van der Waals surface area contributed by atoms with Gasteiger partial charge in [0.1, 0.15) is 6.61 Å². The smallest absolute Gasteiger partial charge is 0.230 e. The van der Waals surface area contributed by atoms with Gasteiger partial charge in [-0.25, -0.2) is 4.98 Å². The molecule has 7 heteroatoms. The minimum Gasteiger partial charge on any atom is -0.484 e. The minimum absolute atomic E-state index is 0.102. The molecule has 0 atom stereocenters. The van der Waals surface area contributed by atoms with Crippen LogP contribution in [0.5, 0.6) is 5.75 Å². The Morgan fingerprint density at radius 3 is 2.41 bits per heavy atom. The SMILES string of the molecule is CCc1ccc(N(C(C)=O)c2nc(COc3c(Cl)cccc3Cl)cs2)cc1. The lowest BCUT2D eigenvalue weighted by atomic mass is 10.1. The first-order chi connectivity index (χ1) is 13.0. The van der Waals surface area contributed by atoms with E-state index in [9.17, 15) is 4.79 Å². The summed E-state index contributed by atoms with van der Waals surface area (Å²) in [6.07, 6.45) is 0.948. The van der Waals surface area contributed by atoms with E-state index in [2.05, 4.69) is 11.9 Å². The van der Waals surface area contributed by atoms with Crippen LogP contribution >= 0.6 is 34.5 Å². The normalized spacial score (nSPS) is 10.7. The van der Waals surface area contributed by atoms with Crippen molar-refractivity contribution in [2.45, 2.75) is 26.9 Å². The number of carbonyl (C=O) groups is 1. The number of halogens is 2. The van der Waals surface area contributed by atoms with Crippen molar-refractivity contribution in [1.82, 2.24) is 4.98 Å². The Hall–Kier alpha value is -2.08. The standard InChI is InChI=1S/C20H18Cl2N2O2S/c1-3-14-7-9-16(10-8-14)24(13(2)25)20-23-15(12-27-20)11-26-19-17(21)5-4-6-18(19)22/h4-10,12H,3,11H2,1-2H3. The Morgan fingerprint density at radius 1 is 1.15 bits per heavy atom. The van der Waals surface area contributed by atoms with Crippen LogP contribution in [0, 0.1) is 0 Å². The summed E-state index contributed by atoms with van der Waals surface area (Å²) in [6.45, 7) is 3.82. The third-order valence-corrected chi connectivity index (χ3v) is 5.40. The van der Waals surface area contributed by atoms with E-state index in [1.165, 1.54) is 23.8 Å². The lowest BCUT2D eigenvalue weighted by molar-refractivity contribution is -0.115. The summed E-state index contributed by atoms with van der Waals surface area (Å²) in [6, 6.07) is 13.1. The van der Waals surface area contributed by atoms with Crippen molar-refractivity contribution in [1.29, 1.82) is 0 Å². The lowest BCUT2D eigenvalue weighted by Gasteiger charge is -2.18. The molecule has 1 amide bonds. The highest BCUT2D eigenvalue weighted by Crippen LogP contribution is 2.34. The monoisotopic (exact) mass is 420 g/mol. The Bertz CT molecular complexity index is 921. The van der Waals surface area contributed by atoms with Crippen LogP contribution in [-0.2, 0) is 17.8 Å². The van der Waals surface area contributed by atoms with Gasteiger partial charge in [-0.3, -0.25) is 9.69 Å². The molecule has 1 heterocycles. The zero-order chi connectivity index (χ0) is 19.4. The van der Waals surface area contributed by atoms with E-state index in [-0.39, 0.29) is 12.5 Å². The number of hydrogen-bond acceptors (Lipinski definition) is 4. The molecule has 0 N–H and O–H groups in total. The maximum atomic E-state index is 12.2. The Morgan fingerprint density at radius 2 is 1.81 bits per heavy atom. The van der Waals surface area contributed by atoms with Gasteiger partial charge in [0.2, 0.25) is 5.91 Å². The van der Waals surface area contributed by atoms with Crippen LogP contribution in [0.25, 0.3) is 0 Å². The second-order valence-electron chi connectivity index (χ2n) is 5.84. The second kappa shape index (κ2) is 8.74. The van der Waals surface area contributed by atoms with Crippen LogP contribution in [-0.4, -0.2) is 10.9 Å². The number of aryl methyl sites for hydroxylation is 1. The number of anilines is 2. The van der Waals surface area contributed by atoms with Crippen LogP contribution in [0.15, 0.2) is 47.8 Å². The van der Waals surface area contributed by atoms with Gasteiger partial charge in [-0.15, -0.1) is 11.3 Å². The third kappa shape index (κ3) is 4.61. The lowest BCUT2D eigenvalue weighted by Crippen LogP contribution is -2.22. The minimum atomic E-state index is -0.102. The van der Waals surface area contributed by atoms with E-state index in [1.807, 2.05) is 29.6 Å². The van der Waals surface area contributed by atoms with E-state index in [1.54, 1.807) is 23.1 Å². The highest BCUT2D eigenvalue weighted by molar-refractivity contribution is 7.14. The van der Waals surface area contributed by atoms with E-state index < -0.39 is 0 Å². The Kier molecular flexibility index (Phi) is 6.37. The predicted octanol–water partition coefficient (Wildman–Crippen LogP) is 6.28. The zero-order valence-corrected chi connectivity index (χ0v) is 17.2.